The van der Waals surface area contributed by atoms with Crippen LogP contribution in [0.3, 0.4) is 0 Å². The number of piperazine rings is 1. The molecule has 3 aromatic rings. The zero-order valence-electron chi connectivity index (χ0n) is 17.9. The molecule has 0 radical (unpaired) electrons. The minimum Gasteiger partial charge on any atom is -0.379 e. The number of rotatable bonds is 5. The lowest BCUT2D eigenvalue weighted by molar-refractivity contribution is -0.000184. The van der Waals surface area contributed by atoms with Crippen LogP contribution in [0.15, 0.2) is 47.4 Å². The zero-order valence-corrected chi connectivity index (χ0v) is 18.7. The third kappa shape index (κ3) is 4.27. The van der Waals surface area contributed by atoms with Gasteiger partial charge in [0.25, 0.3) is 0 Å². The van der Waals surface area contributed by atoms with Gasteiger partial charge in [-0.15, -0.1) is 10.2 Å². The molecule has 1 saturated heterocycles. The van der Waals surface area contributed by atoms with Crippen molar-refractivity contribution in [3.63, 3.8) is 0 Å². The van der Waals surface area contributed by atoms with Crippen molar-refractivity contribution >= 4 is 10.0 Å². The van der Waals surface area contributed by atoms with Crippen molar-refractivity contribution in [2.24, 2.45) is 0 Å². The third-order valence-corrected chi connectivity index (χ3v) is 7.77. The number of H-pyrrole nitrogens is 1. The van der Waals surface area contributed by atoms with Crippen LogP contribution in [0.4, 0.5) is 0 Å². The molecule has 31 heavy (non-hydrogen) atoms. The molecule has 8 nitrogen and oxygen atoms in total. The van der Waals surface area contributed by atoms with Gasteiger partial charge in [-0.3, -0.25) is 4.90 Å². The molecule has 2 heterocycles. The van der Waals surface area contributed by atoms with E-state index in [2.05, 4.69) is 15.2 Å². The summed E-state index contributed by atoms with van der Waals surface area (Å²) >= 11 is 0. The maximum atomic E-state index is 13.4. The van der Waals surface area contributed by atoms with Gasteiger partial charge in [-0.25, -0.2) is 8.42 Å². The van der Waals surface area contributed by atoms with Crippen LogP contribution in [0.5, 0.6) is 0 Å². The number of hydrogen-bond donors (Lipinski definition) is 2. The van der Waals surface area contributed by atoms with Crippen LogP contribution < -0.4 is 0 Å². The Hall–Kier alpha value is -2.59. The number of aromatic nitrogens is 3. The van der Waals surface area contributed by atoms with Gasteiger partial charge >= 0.3 is 0 Å². The summed E-state index contributed by atoms with van der Waals surface area (Å²) < 4.78 is 28.3. The Bertz CT molecular complexity index is 1170. The smallest absolute Gasteiger partial charge is 0.243 e. The van der Waals surface area contributed by atoms with Crippen molar-refractivity contribution in [2.45, 2.75) is 31.9 Å². The molecule has 2 aromatic carbocycles. The van der Waals surface area contributed by atoms with Crippen LogP contribution in [0, 0.1) is 13.8 Å². The fourth-order valence-corrected chi connectivity index (χ4v) is 5.59. The quantitative estimate of drug-likeness (QED) is 0.630. The predicted octanol–water partition coefficient (Wildman–Crippen LogP) is 2.40. The van der Waals surface area contributed by atoms with E-state index in [4.69, 9.17) is 0 Å². The molecule has 0 bridgehead atoms. The van der Waals surface area contributed by atoms with Gasteiger partial charge in [0, 0.05) is 37.3 Å². The molecule has 164 valence electrons. The van der Waals surface area contributed by atoms with Crippen molar-refractivity contribution in [1.29, 1.82) is 0 Å². The first-order valence-corrected chi connectivity index (χ1v) is 11.7. The molecule has 2 N–H and O–H groups in total. The first-order chi connectivity index (χ1) is 14.8. The lowest BCUT2D eigenvalue weighted by Gasteiger charge is -2.35. The van der Waals surface area contributed by atoms with Crippen molar-refractivity contribution in [2.75, 3.05) is 26.2 Å². The van der Waals surface area contributed by atoms with E-state index in [0.717, 1.165) is 11.1 Å². The number of aromatic amines is 1. The van der Waals surface area contributed by atoms with Crippen molar-refractivity contribution < 1.29 is 13.5 Å². The number of aliphatic hydroxyl groups excluding tert-OH is 1. The molecule has 9 heteroatoms. The summed E-state index contributed by atoms with van der Waals surface area (Å²) in [7, 11) is -3.67. The van der Waals surface area contributed by atoms with Crippen molar-refractivity contribution in [3.8, 4) is 22.8 Å². The number of benzene rings is 2. The van der Waals surface area contributed by atoms with E-state index >= 15 is 0 Å². The van der Waals surface area contributed by atoms with Gasteiger partial charge in [0.05, 0.1) is 4.90 Å². The first kappa shape index (κ1) is 21.6. The maximum Gasteiger partial charge on any atom is 0.243 e. The molecule has 1 fully saturated rings. The van der Waals surface area contributed by atoms with E-state index < -0.39 is 16.3 Å². The van der Waals surface area contributed by atoms with E-state index in [-0.39, 0.29) is 4.90 Å². The molecule has 0 spiro atoms. The minimum atomic E-state index is -3.67. The number of aryl methyl sites for hydroxylation is 2. The van der Waals surface area contributed by atoms with Gasteiger partial charge in [-0.05, 0) is 38.0 Å². The first-order valence-electron chi connectivity index (χ1n) is 10.3. The lowest BCUT2D eigenvalue weighted by atomic mass is 10.1. The highest BCUT2D eigenvalue weighted by Crippen LogP contribution is 2.30. The molecule has 4 rings (SSSR count). The normalized spacial score (nSPS) is 17.0. The van der Waals surface area contributed by atoms with Crippen LogP contribution in [-0.2, 0) is 10.0 Å². The second kappa shape index (κ2) is 8.51. The zero-order chi connectivity index (χ0) is 22.2. The largest absolute Gasteiger partial charge is 0.379 e. The average Bonchev–Trinajstić information content (AvgIpc) is 3.24. The predicted molar refractivity (Wildman–Crippen MR) is 119 cm³/mol. The summed E-state index contributed by atoms with van der Waals surface area (Å²) in [5.74, 6) is 1.17. The average molecular weight is 442 g/mol. The molecule has 1 unspecified atom stereocenters. The fourth-order valence-electron chi connectivity index (χ4n) is 3.93. The Morgan fingerprint density at radius 1 is 0.968 bits per heavy atom. The molecule has 1 atom stereocenters. The molecule has 1 aromatic heterocycles. The molecule has 0 amide bonds. The number of hydrogen-bond acceptors (Lipinski definition) is 6. The standard InChI is InChI=1S/C22H27N5O3S/c1-15-13-16(2)20(31(29,30)27-11-9-26(10-12-27)17(3)28)14-19(15)22-23-21(24-25-22)18-7-5-4-6-8-18/h4-8,13-14,17,28H,9-12H2,1-3H3,(H,23,24,25). The number of aliphatic hydroxyl groups is 1. The second-order valence-corrected chi connectivity index (χ2v) is 9.80. The molecule has 1 aliphatic rings. The summed E-state index contributed by atoms with van der Waals surface area (Å²) in [5, 5.41) is 18.3. The van der Waals surface area contributed by atoms with Crippen LogP contribution >= 0.6 is 0 Å². The van der Waals surface area contributed by atoms with E-state index in [0.29, 0.717) is 49.0 Å². The van der Waals surface area contributed by atoms with Crippen LogP contribution in [-0.4, -0.2) is 70.3 Å². The molecular weight excluding hydrogens is 414 g/mol. The topological polar surface area (TPSA) is 102 Å². The molecule has 0 aliphatic carbocycles. The van der Waals surface area contributed by atoms with Gasteiger partial charge in [0.15, 0.2) is 11.6 Å². The van der Waals surface area contributed by atoms with Gasteiger partial charge in [0.1, 0.15) is 6.23 Å². The van der Waals surface area contributed by atoms with Gasteiger partial charge in [-0.1, -0.05) is 36.4 Å². The summed E-state index contributed by atoms with van der Waals surface area (Å²) in [6.45, 7) is 7.12. The number of nitrogens with one attached hydrogen (secondary N) is 1. The summed E-state index contributed by atoms with van der Waals surface area (Å²) in [6, 6.07) is 13.2. The highest BCUT2D eigenvalue weighted by molar-refractivity contribution is 7.89. The SMILES string of the molecule is Cc1cc(C)c(S(=O)(=O)N2CCN(C(C)O)CC2)cc1-c1nnc(-c2ccccc2)[nH]1. The van der Waals surface area contributed by atoms with Crippen LogP contribution in [0.1, 0.15) is 18.1 Å². The Morgan fingerprint density at radius 3 is 2.26 bits per heavy atom. The van der Waals surface area contributed by atoms with Gasteiger partial charge in [0.2, 0.25) is 10.0 Å². The number of nitrogens with zero attached hydrogens (tertiary/aromatic N) is 4. The van der Waals surface area contributed by atoms with Crippen molar-refractivity contribution in [1.82, 2.24) is 24.4 Å². The Morgan fingerprint density at radius 2 is 1.61 bits per heavy atom. The van der Waals surface area contributed by atoms with Crippen molar-refractivity contribution in [3.05, 3.63) is 53.6 Å². The molecule has 0 saturated carbocycles. The van der Waals surface area contributed by atoms with E-state index in [1.807, 2.05) is 55.1 Å². The monoisotopic (exact) mass is 441 g/mol. The molecular formula is C22H27N5O3S. The Labute approximate surface area is 182 Å². The van der Waals surface area contributed by atoms with Gasteiger partial charge < -0.3 is 10.1 Å². The van der Waals surface area contributed by atoms with E-state index in [1.54, 1.807) is 13.0 Å². The van der Waals surface area contributed by atoms with Crippen LogP contribution in [0.2, 0.25) is 0 Å². The third-order valence-electron chi connectivity index (χ3n) is 5.73. The molecule has 1 aliphatic heterocycles. The van der Waals surface area contributed by atoms with E-state index in [9.17, 15) is 13.5 Å². The summed E-state index contributed by atoms with van der Waals surface area (Å²) in [4.78, 5) is 5.35. The Kier molecular flexibility index (Phi) is 5.94. The number of sulfonamides is 1. The highest BCUT2D eigenvalue weighted by atomic mass is 32.2. The van der Waals surface area contributed by atoms with Gasteiger partial charge in [-0.2, -0.15) is 4.31 Å². The van der Waals surface area contributed by atoms with E-state index in [1.165, 1.54) is 4.31 Å². The summed E-state index contributed by atoms with van der Waals surface area (Å²) in [6.07, 6.45) is -0.581. The second-order valence-electron chi connectivity index (χ2n) is 7.89. The highest BCUT2D eigenvalue weighted by Gasteiger charge is 2.31. The minimum absolute atomic E-state index is 0.274. The fraction of sp³-hybridized carbons (Fsp3) is 0.364. The summed E-state index contributed by atoms with van der Waals surface area (Å²) in [5.41, 5.74) is 3.24. The lowest BCUT2D eigenvalue weighted by Crippen LogP contribution is -2.51. The van der Waals surface area contributed by atoms with Crippen LogP contribution in [0.25, 0.3) is 22.8 Å². The Balaban J connectivity index is 1.67. The maximum absolute atomic E-state index is 13.4.